The number of aromatic hydroxyl groups is 1. The molecule has 1 saturated carbocycles. The van der Waals surface area contributed by atoms with Crippen molar-refractivity contribution in [3.8, 4) is 5.75 Å². The molecule has 0 aliphatic heterocycles. The third-order valence-electron chi connectivity index (χ3n) is 4.50. The Morgan fingerprint density at radius 3 is 2.30 bits per heavy atom. The first-order chi connectivity index (χ1) is 11.0. The minimum Gasteiger partial charge on any atom is -0.507 e. The number of aliphatic carboxylic acids is 1. The van der Waals surface area contributed by atoms with Crippen LogP contribution < -0.4 is 10.9 Å². The number of fused-ring (bicyclic) bond motifs is 2. The molecule has 2 aliphatic carbocycles. The van der Waals surface area contributed by atoms with Crippen LogP contribution in [0.15, 0.2) is 36.4 Å². The molecule has 2 bridgehead atoms. The second-order valence-electron chi connectivity index (χ2n) is 5.80. The molecule has 120 valence electrons. The molecule has 0 aromatic heterocycles. The lowest BCUT2D eigenvalue weighted by molar-refractivity contribution is -0.148. The fourth-order valence-electron chi connectivity index (χ4n) is 3.45. The smallest absolute Gasteiger partial charge is 0.307 e. The van der Waals surface area contributed by atoms with Gasteiger partial charge in [0.2, 0.25) is 5.91 Å². The number of benzene rings is 1. The average Bonchev–Trinajstić information content (AvgIpc) is 3.13. The highest BCUT2D eigenvalue weighted by molar-refractivity contribution is 5.98. The van der Waals surface area contributed by atoms with Gasteiger partial charge in [0.05, 0.1) is 17.4 Å². The van der Waals surface area contributed by atoms with Gasteiger partial charge in [-0.2, -0.15) is 0 Å². The Hall–Kier alpha value is -2.83. The van der Waals surface area contributed by atoms with Crippen LogP contribution in [0.3, 0.4) is 0 Å². The number of hydrogen-bond donors (Lipinski definition) is 4. The minimum absolute atomic E-state index is 0.0235. The predicted molar refractivity (Wildman–Crippen MR) is 79.1 cm³/mol. The zero-order chi connectivity index (χ0) is 16.6. The number of rotatable bonds is 3. The van der Waals surface area contributed by atoms with Crippen LogP contribution in [-0.2, 0) is 9.59 Å². The number of allylic oxidation sites excluding steroid dienone is 2. The van der Waals surface area contributed by atoms with Gasteiger partial charge in [-0.25, -0.2) is 0 Å². The van der Waals surface area contributed by atoms with E-state index in [-0.39, 0.29) is 23.1 Å². The Morgan fingerprint density at radius 1 is 1.00 bits per heavy atom. The lowest BCUT2D eigenvalue weighted by Gasteiger charge is -2.23. The Morgan fingerprint density at radius 2 is 1.65 bits per heavy atom. The van der Waals surface area contributed by atoms with Crippen molar-refractivity contribution in [2.24, 2.45) is 23.7 Å². The van der Waals surface area contributed by atoms with E-state index in [1.807, 2.05) is 12.2 Å². The van der Waals surface area contributed by atoms with Crippen LogP contribution in [0.25, 0.3) is 0 Å². The zero-order valence-electron chi connectivity index (χ0n) is 12.1. The Bertz CT molecular complexity index is 699. The van der Waals surface area contributed by atoms with Crippen molar-refractivity contribution >= 4 is 17.8 Å². The number of nitrogens with one attached hydrogen (secondary N) is 2. The molecule has 7 heteroatoms. The van der Waals surface area contributed by atoms with Gasteiger partial charge in [0.1, 0.15) is 5.75 Å². The lowest BCUT2D eigenvalue weighted by Crippen LogP contribution is -2.48. The van der Waals surface area contributed by atoms with E-state index in [4.69, 9.17) is 0 Å². The number of phenolic OH excluding ortho intramolecular Hbond substituents is 1. The Kier molecular flexibility index (Phi) is 3.77. The maximum Gasteiger partial charge on any atom is 0.307 e. The fourth-order valence-corrected chi connectivity index (χ4v) is 3.45. The monoisotopic (exact) mass is 316 g/mol. The molecule has 2 amide bonds. The summed E-state index contributed by atoms with van der Waals surface area (Å²) in [4.78, 5) is 35.6. The summed E-state index contributed by atoms with van der Waals surface area (Å²) in [5, 5.41) is 18.9. The summed E-state index contributed by atoms with van der Waals surface area (Å²) in [6.07, 6.45) is 4.34. The van der Waals surface area contributed by atoms with Crippen LogP contribution in [0.1, 0.15) is 16.8 Å². The number of carbonyl (C=O) groups is 3. The molecule has 0 radical (unpaired) electrons. The van der Waals surface area contributed by atoms with Crippen molar-refractivity contribution in [3.05, 3.63) is 42.0 Å². The highest BCUT2D eigenvalue weighted by Crippen LogP contribution is 2.48. The third-order valence-corrected chi connectivity index (χ3v) is 4.50. The number of phenols is 1. The van der Waals surface area contributed by atoms with Crippen molar-refractivity contribution in [1.82, 2.24) is 10.9 Å². The molecule has 2 aliphatic rings. The van der Waals surface area contributed by atoms with Crippen LogP contribution in [0, 0.1) is 23.7 Å². The van der Waals surface area contributed by atoms with E-state index in [0.717, 1.165) is 0 Å². The van der Waals surface area contributed by atoms with Gasteiger partial charge in [0.15, 0.2) is 0 Å². The van der Waals surface area contributed by atoms with Gasteiger partial charge < -0.3 is 10.2 Å². The summed E-state index contributed by atoms with van der Waals surface area (Å²) in [7, 11) is 0. The molecule has 0 saturated heterocycles. The molecule has 0 heterocycles. The fraction of sp³-hybridized carbons (Fsp3) is 0.312. The second kappa shape index (κ2) is 5.75. The first-order valence-corrected chi connectivity index (χ1v) is 7.28. The molecule has 7 nitrogen and oxygen atoms in total. The van der Waals surface area contributed by atoms with Gasteiger partial charge >= 0.3 is 5.97 Å². The predicted octanol–water partition coefficient (Wildman–Crippen LogP) is 0.676. The molecule has 1 fully saturated rings. The standard InChI is InChI=1S/C16H16N2O5/c19-11-4-2-1-3-10(11)14(20)17-18-15(21)12-8-5-6-9(7-8)13(12)16(22)23/h1-6,8-9,12-13,19H,7H2,(H,17,20)(H,18,21)(H,22,23)/t8-,9-,12-,13+/m0/s1. The topological polar surface area (TPSA) is 116 Å². The first-order valence-electron chi connectivity index (χ1n) is 7.28. The molecule has 0 spiro atoms. The number of carboxylic acids is 1. The van der Waals surface area contributed by atoms with E-state index in [2.05, 4.69) is 10.9 Å². The van der Waals surface area contributed by atoms with Gasteiger partial charge in [-0.05, 0) is 30.4 Å². The van der Waals surface area contributed by atoms with E-state index in [1.54, 1.807) is 12.1 Å². The van der Waals surface area contributed by atoms with Gasteiger partial charge in [0, 0.05) is 0 Å². The quantitative estimate of drug-likeness (QED) is 0.483. The number of carbonyl (C=O) groups excluding carboxylic acids is 2. The number of amides is 2. The molecule has 1 aromatic rings. The third kappa shape index (κ3) is 2.65. The van der Waals surface area contributed by atoms with Crippen LogP contribution >= 0.6 is 0 Å². The van der Waals surface area contributed by atoms with E-state index < -0.39 is 29.6 Å². The molecule has 4 N–H and O–H groups in total. The van der Waals surface area contributed by atoms with Crippen molar-refractivity contribution in [2.75, 3.05) is 0 Å². The second-order valence-corrected chi connectivity index (χ2v) is 5.80. The van der Waals surface area contributed by atoms with Crippen molar-refractivity contribution in [3.63, 3.8) is 0 Å². The van der Waals surface area contributed by atoms with Crippen molar-refractivity contribution in [1.29, 1.82) is 0 Å². The van der Waals surface area contributed by atoms with Crippen LogP contribution in [-0.4, -0.2) is 28.0 Å². The summed E-state index contributed by atoms with van der Waals surface area (Å²) in [6, 6.07) is 5.93. The van der Waals surface area contributed by atoms with Gasteiger partial charge in [-0.3, -0.25) is 25.2 Å². The number of carboxylic acid groups (broad SMARTS) is 1. The van der Waals surface area contributed by atoms with E-state index in [0.29, 0.717) is 6.42 Å². The van der Waals surface area contributed by atoms with Crippen LogP contribution in [0.2, 0.25) is 0 Å². The maximum absolute atomic E-state index is 12.3. The highest BCUT2D eigenvalue weighted by atomic mass is 16.4. The normalized spacial score (nSPS) is 27.7. The lowest BCUT2D eigenvalue weighted by atomic mass is 9.82. The first kappa shape index (κ1) is 15.1. The van der Waals surface area contributed by atoms with Crippen molar-refractivity contribution in [2.45, 2.75) is 6.42 Å². The van der Waals surface area contributed by atoms with Crippen molar-refractivity contribution < 1.29 is 24.6 Å². The van der Waals surface area contributed by atoms with E-state index in [9.17, 15) is 24.6 Å². The number of hydrogen-bond acceptors (Lipinski definition) is 4. The summed E-state index contributed by atoms with van der Waals surface area (Å²) in [6.45, 7) is 0. The Balaban J connectivity index is 1.66. The molecule has 0 unspecified atom stereocenters. The number of para-hydroxylation sites is 1. The zero-order valence-corrected chi connectivity index (χ0v) is 12.1. The molecule has 4 atom stereocenters. The van der Waals surface area contributed by atoms with E-state index in [1.165, 1.54) is 12.1 Å². The summed E-state index contributed by atoms with van der Waals surface area (Å²) in [5.74, 6) is -4.14. The molecular weight excluding hydrogens is 300 g/mol. The average molecular weight is 316 g/mol. The van der Waals surface area contributed by atoms with Crippen LogP contribution in [0.4, 0.5) is 0 Å². The van der Waals surface area contributed by atoms with Crippen LogP contribution in [0.5, 0.6) is 5.75 Å². The highest BCUT2D eigenvalue weighted by Gasteiger charge is 2.51. The summed E-state index contributed by atoms with van der Waals surface area (Å²) >= 11 is 0. The molecule has 3 rings (SSSR count). The van der Waals surface area contributed by atoms with Gasteiger partial charge in [-0.1, -0.05) is 24.3 Å². The minimum atomic E-state index is -1.01. The Labute approximate surface area is 132 Å². The number of hydrazine groups is 1. The maximum atomic E-state index is 12.3. The summed E-state index contributed by atoms with van der Waals surface area (Å²) < 4.78 is 0. The molecular formula is C16H16N2O5. The largest absolute Gasteiger partial charge is 0.507 e. The SMILES string of the molecule is O=C(NNC(=O)[C@@H]1[C@H](C(=O)O)[C@H]2C=C[C@H]1C2)c1ccccc1O. The van der Waals surface area contributed by atoms with Gasteiger partial charge in [-0.15, -0.1) is 0 Å². The summed E-state index contributed by atoms with van der Waals surface area (Å²) in [5.41, 5.74) is 4.52. The molecule has 23 heavy (non-hydrogen) atoms. The van der Waals surface area contributed by atoms with E-state index >= 15 is 0 Å². The van der Waals surface area contributed by atoms with Gasteiger partial charge in [0.25, 0.3) is 5.91 Å². The molecule has 1 aromatic carbocycles.